The number of benzene rings is 1. The third kappa shape index (κ3) is 1.12. The van der Waals surface area contributed by atoms with Crippen LogP contribution in [0.4, 0.5) is 11.4 Å². The van der Waals surface area contributed by atoms with E-state index in [1.807, 2.05) is 30.5 Å². The number of hydrogen-bond acceptors (Lipinski definition) is 3. The Hall–Kier alpha value is -0.960. The summed E-state index contributed by atoms with van der Waals surface area (Å²) in [5.74, 6) is 0. The fraction of sp³-hybridized carbons (Fsp3) is 0.125. The first kappa shape index (κ1) is 6.73. The van der Waals surface area contributed by atoms with Crippen molar-refractivity contribution in [3.63, 3.8) is 0 Å². The van der Waals surface area contributed by atoms with E-state index in [9.17, 15) is 0 Å². The molecule has 0 atom stereocenters. The summed E-state index contributed by atoms with van der Waals surface area (Å²) in [7, 11) is 0. The molecule has 0 aromatic heterocycles. The molecule has 0 unspecified atom stereocenters. The average Bonchev–Trinajstić information content (AvgIpc) is 2.06. The Morgan fingerprint density at radius 1 is 1.36 bits per heavy atom. The lowest BCUT2D eigenvalue weighted by Gasteiger charge is -2.33. The van der Waals surface area contributed by atoms with Crippen LogP contribution in [0, 0.1) is 0 Å². The second-order valence-electron chi connectivity index (χ2n) is 2.36. The molecule has 0 aliphatic carbocycles. The van der Waals surface area contributed by atoms with Crippen LogP contribution in [0.3, 0.4) is 0 Å². The standard InChI is InChI=1S/C8H7N2S/c11-10-6-5-9-7-3-1-2-4-8(7)10/h1-5H,6H2/q-1. The van der Waals surface area contributed by atoms with Crippen molar-refractivity contribution in [2.45, 2.75) is 0 Å². The molecule has 56 valence electrons. The summed E-state index contributed by atoms with van der Waals surface area (Å²) in [4.78, 5) is 4.21. The first-order valence-corrected chi connectivity index (χ1v) is 3.80. The third-order valence-corrected chi connectivity index (χ3v) is 1.97. The van der Waals surface area contributed by atoms with Gasteiger partial charge in [-0.05, 0) is 12.1 Å². The molecule has 11 heavy (non-hydrogen) atoms. The first-order valence-electron chi connectivity index (χ1n) is 3.44. The molecule has 0 saturated carbocycles. The molecule has 0 fully saturated rings. The maximum atomic E-state index is 5.09. The first-order chi connectivity index (χ1) is 5.38. The highest BCUT2D eigenvalue weighted by Crippen LogP contribution is 2.29. The Morgan fingerprint density at radius 3 is 3.00 bits per heavy atom. The van der Waals surface area contributed by atoms with Gasteiger partial charge < -0.3 is 17.1 Å². The van der Waals surface area contributed by atoms with Gasteiger partial charge in [-0.1, -0.05) is 12.1 Å². The topological polar surface area (TPSA) is 15.6 Å². The Labute approximate surface area is 71.1 Å². The number of anilines is 1. The van der Waals surface area contributed by atoms with Crippen molar-refractivity contribution in [3.05, 3.63) is 24.3 Å². The minimum absolute atomic E-state index is 0.729. The van der Waals surface area contributed by atoms with E-state index in [2.05, 4.69) is 4.99 Å². The molecule has 3 heteroatoms. The van der Waals surface area contributed by atoms with Crippen LogP contribution in [0.25, 0.3) is 0 Å². The van der Waals surface area contributed by atoms with Crippen LogP contribution in [-0.4, -0.2) is 12.8 Å². The fourth-order valence-corrected chi connectivity index (χ4v) is 1.32. The second-order valence-corrected chi connectivity index (χ2v) is 2.80. The maximum Gasteiger partial charge on any atom is 0.0842 e. The molecule has 0 N–H and O–H groups in total. The van der Waals surface area contributed by atoms with Gasteiger partial charge in [0.05, 0.1) is 5.69 Å². The predicted octanol–water partition coefficient (Wildman–Crippen LogP) is 1.67. The van der Waals surface area contributed by atoms with Gasteiger partial charge in [-0.2, -0.15) is 0 Å². The van der Waals surface area contributed by atoms with Crippen molar-refractivity contribution in [1.82, 2.24) is 0 Å². The van der Waals surface area contributed by atoms with Crippen LogP contribution in [0.1, 0.15) is 0 Å². The molecule has 0 amide bonds. The zero-order valence-corrected chi connectivity index (χ0v) is 6.71. The SMILES string of the molecule is [S-]N1CC=Nc2ccccc21. The molecule has 0 bridgehead atoms. The lowest BCUT2D eigenvalue weighted by atomic mass is 10.2. The quantitative estimate of drug-likeness (QED) is 0.541. The lowest BCUT2D eigenvalue weighted by molar-refractivity contribution is 1.23. The Morgan fingerprint density at radius 2 is 2.18 bits per heavy atom. The van der Waals surface area contributed by atoms with Crippen molar-refractivity contribution in [2.75, 3.05) is 10.8 Å². The Kier molecular flexibility index (Phi) is 1.58. The highest BCUT2D eigenvalue weighted by molar-refractivity contribution is 7.60. The zero-order chi connectivity index (χ0) is 7.68. The van der Waals surface area contributed by atoms with Gasteiger partial charge in [0.15, 0.2) is 0 Å². The summed E-state index contributed by atoms with van der Waals surface area (Å²) in [5, 5.41) is 0. The van der Waals surface area contributed by atoms with Crippen LogP contribution in [-0.2, 0) is 12.8 Å². The maximum absolute atomic E-state index is 5.09. The molecule has 1 aliphatic rings. The molecule has 1 aromatic rings. The molecule has 2 rings (SSSR count). The molecule has 1 aromatic carbocycles. The summed E-state index contributed by atoms with van der Waals surface area (Å²) in [6.07, 6.45) is 1.83. The van der Waals surface area contributed by atoms with E-state index in [1.54, 1.807) is 4.31 Å². The number of fused-ring (bicyclic) bond motifs is 1. The van der Waals surface area contributed by atoms with E-state index in [0.717, 1.165) is 17.9 Å². The number of rotatable bonds is 0. The predicted molar refractivity (Wildman–Crippen MR) is 49.3 cm³/mol. The van der Waals surface area contributed by atoms with Gasteiger partial charge in [0.1, 0.15) is 0 Å². The van der Waals surface area contributed by atoms with Crippen molar-refractivity contribution >= 4 is 30.4 Å². The highest BCUT2D eigenvalue weighted by Gasteiger charge is 2.02. The molecule has 0 radical (unpaired) electrons. The van der Waals surface area contributed by atoms with Gasteiger partial charge in [-0.15, -0.1) is 0 Å². The lowest BCUT2D eigenvalue weighted by Crippen LogP contribution is -2.19. The van der Waals surface area contributed by atoms with Gasteiger partial charge in [0, 0.05) is 18.4 Å². The largest absolute Gasteiger partial charge is 0.666 e. The van der Waals surface area contributed by atoms with E-state index in [4.69, 9.17) is 12.8 Å². The van der Waals surface area contributed by atoms with Crippen molar-refractivity contribution in [3.8, 4) is 0 Å². The molecule has 1 heterocycles. The molecule has 1 aliphatic heterocycles. The zero-order valence-electron chi connectivity index (χ0n) is 5.90. The minimum Gasteiger partial charge on any atom is -0.666 e. The van der Waals surface area contributed by atoms with Gasteiger partial charge in [0.25, 0.3) is 0 Å². The van der Waals surface area contributed by atoms with Crippen LogP contribution in [0.15, 0.2) is 29.3 Å². The van der Waals surface area contributed by atoms with Gasteiger partial charge in [-0.3, -0.25) is 4.99 Å². The van der Waals surface area contributed by atoms with E-state index in [0.29, 0.717) is 0 Å². The Balaban J connectivity index is 2.54. The molecule has 0 spiro atoms. The Bertz CT molecular complexity index is 296. The molecular weight excluding hydrogens is 156 g/mol. The number of para-hydroxylation sites is 2. The second kappa shape index (κ2) is 2.58. The fourth-order valence-electron chi connectivity index (χ4n) is 1.10. The van der Waals surface area contributed by atoms with Crippen LogP contribution < -0.4 is 4.31 Å². The smallest absolute Gasteiger partial charge is 0.0842 e. The molecular formula is C8H7N2S-. The monoisotopic (exact) mass is 163 g/mol. The van der Waals surface area contributed by atoms with Gasteiger partial charge in [0.2, 0.25) is 0 Å². The number of hydrogen-bond donors (Lipinski definition) is 0. The normalized spacial score (nSPS) is 14.8. The van der Waals surface area contributed by atoms with Crippen molar-refractivity contribution < 1.29 is 0 Å². The van der Waals surface area contributed by atoms with E-state index in [-0.39, 0.29) is 0 Å². The van der Waals surface area contributed by atoms with Crippen molar-refractivity contribution in [1.29, 1.82) is 0 Å². The van der Waals surface area contributed by atoms with Crippen LogP contribution >= 0.6 is 0 Å². The van der Waals surface area contributed by atoms with Gasteiger partial charge in [-0.25, -0.2) is 0 Å². The highest BCUT2D eigenvalue weighted by atomic mass is 32.1. The molecule has 0 saturated heterocycles. The minimum atomic E-state index is 0.729. The van der Waals surface area contributed by atoms with Gasteiger partial charge >= 0.3 is 0 Å². The summed E-state index contributed by atoms with van der Waals surface area (Å²) < 4.78 is 1.77. The number of nitrogens with zero attached hydrogens (tertiary/aromatic N) is 2. The summed E-state index contributed by atoms with van der Waals surface area (Å²) >= 11 is 5.09. The third-order valence-electron chi connectivity index (χ3n) is 1.63. The van der Waals surface area contributed by atoms with Crippen molar-refractivity contribution in [2.24, 2.45) is 4.99 Å². The number of aliphatic imine (C=N–C) groups is 1. The van der Waals surface area contributed by atoms with Crippen LogP contribution in [0.5, 0.6) is 0 Å². The van der Waals surface area contributed by atoms with E-state index >= 15 is 0 Å². The van der Waals surface area contributed by atoms with Crippen LogP contribution in [0.2, 0.25) is 0 Å². The van der Waals surface area contributed by atoms with E-state index < -0.39 is 0 Å². The summed E-state index contributed by atoms with van der Waals surface area (Å²) in [5.41, 5.74) is 2.00. The van der Waals surface area contributed by atoms with E-state index in [1.165, 1.54) is 0 Å². The average molecular weight is 163 g/mol. The molecule has 2 nitrogen and oxygen atoms in total. The summed E-state index contributed by atoms with van der Waals surface area (Å²) in [6.45, 7) is 0.729. The summed E-state index contributed by atoms with van der Waals surface area (Å²) in [6, 6.07) is 7.88.